The molecule has 0 aliphatic carbocycles. The molecule has 1 aliphatic heterocycles. The standard InChI is InChI=1S/C16H18N2O3S/c1-2-12-3-5-13(6-4-12)9-14(10-17)16(19)18-15-7-8-22(20,21)11-15/h3-6,9,15H,2,7-8,11H2,1H3,(H,18,19)/b14-9-/t15-/m1/s1. The summed E-state index contributed by atoms with van der Waals surface area (Å²) < 4.78 is 22.8. The van der Waals surface area contributed by atoms with Crippen LogP contribution in [0.15, 0.2) is 29.8 Å². The van der Waals surface area contributed by atoms with Crippen molar-refractivity contribution in [1.82, 2.24) is 5.32 Å². The Kier molecular flexibility index (Phi) is 4.99. The number of aryl methyl sites for hydroxylation is 1. The summed E-state index contributed by atoms with van der Waals surface area (Å²) in [7, 11) is -3.06. The highest BCUT2D eigenvalue weighted by Gasteiger charge is 2.29. The Bertz CT molecular complexity index is 728. The maximum Gasteiger partial charge on any atom is 0.262 e. The summed E-state index contributed by atoms with van der Waals surface area (Å²) in [6.07, 6.45) is 2.84. The van der Waals surface area contributed by atoms with Crippen molar-refractivity contribution in [3.63, 3.8) is 0 Å². The summed E-state index contributed by atoms with van der Waals surface area (Å²) in [5.41, 5.74) is 1.92. The second-order valence-corrected chi connectivity index (χ2v) is 7.57. The molecule has 2 rings (SSSR count). The molecule has 0 aromatic heterocycles. The number of nitrogens with zero attached hydrogens (tertiary/aromatic N) is 1. The lowest BCUT2D eigenvalue weighted by Crippen LogP contribution is -2.36. The van der Waals surface area contributed by atoms with Gasteiger partial charge in [0, 0.05) is 6.04 Å². The van der Waals surface area contributed by atoms with Gasteiger partial charge in [-0.15, -0.1) is 0 Å². The number of nitriles is 1. The van der Waals surface area contributed by atoms with E-state index in [1.807, 2.05) is 30.3 Å². The Balaban J connectivity index is 2.08. The van der Waals surface area contributed by atoms with E-state index in [1.54, 1.807) is 0 Å². The van der Waals surface area contributed by atoms with E-state index in [1.165, 1.54) is 11.6 Å². The topological polar surface area (TPSA) is 87.0 Å². The minimum atomic E-state index is -3.06. The van der Waals surface area contributed by atoms with Crippen LogP contribution in [0.2, 0.25) is 0 Å². The monoisotopic (exact) mass is 318 g/mol. The van der Waals surface area contributed by atoms with Gasteiger partial charge in [0.1, 0.15) is 11.6 Å². The van der Waals surface area contributed by atoms with Gasteiger partial charge in [-0.25, -0.2) is 8.42 Å². The van der Waals surface area contributed by atoms with Crippen LogP contribution in [-0.2, 0) is 21.1 Å². The molecule has 6 heteroatoms. The number of hydrogen-bond acceptors (Lipinski definition) is 4. The van der Waals surface area contributed by atoms with Crippen LogP contribution in [-0.4, -0.2) is 31.9 Å². The minimum Gasteiger partial charge on any atom is -0.348 e. The molecule has 1 aromatic carbocycles. The number of nitrogens with one attached hydrogen (secondary N) is 1. The molecule has 116 valence electrons. The quantitative estimate of drug-likeness (QED) is 0.672. The van der Waals surface area contributed by atoms with Crippen molar-refractivity contribution in [2.45, 2.75) is 25.8 Å². The molecule has 0 saturated carbocycles. The maximum atomic E-state index is 12.1. The van der Waals surface area contributed by atoms with E-state index >= 15 is 0 Å². The first-order valence-electron chi connectivity index (χ1n) is 7.15. The normalized spacial score (nSPS) is 20.4. The van der Waals surface area contributed by atoms with Crippen molar-refractivity contribution in [1.29, 1.82) is 5.26 Å². The van der Waals surface area contributed by atoms with Crippen LogP contribution >= 0.6 is 0 Å². The summed E-state index contributed by atoms with van der Waals surface area (Å²) in [5, 5.41) is 11.8. The molecule has 1 N–H and O–H groups in total. The number of sulfone groups is 1. The third kappa shape index (κ3) is 4.18. The second kappa shape index (κ2) is 6.75. The zero-order chi connectivity index (χ0) is 16.2. The summed E-state index contributed by atoms with van der Waals surface area (Å²) in [4.78, 5) is 12.1. The van der Waals surface area contributed by atoms with Crippen molar-refractivity contribution in [2.24, 2.45) is 0 Å². The van der Waals surface area contributed by atoms with Gasteiger partial charge in [0.15, 0.2) is 9.84 Å². The Morgan fingerprint density at radius 3 is 2.59 bits per heavy atom. The minimum absolute atomic E-state index is 0.0199. The number of benzene rings is 1. The number of carbonyl (C=O) groups is 1. The molecule has 1 saturated heterocycles. The first kappa shape index (κ1) is 16.2. The van der Waals surface area contributed by atoms with Gasteiger partial charge in [-0.2, -0.15) is 5.26 Å². The molecular weight excluding hydrogens is 300 g/mol. The Morgan fingerprint density at radius 1 is 1.41 bits per heavy atom. The predicted octanol–water partition coefficient (Wildman–Crippen LogP) is 1.46. The summed E-state index contributed by atoms with van der Waals surface area (Å²) in [5.74, 6) is -0.492. The van der Waals surface area contributed by atoms with E-state index in [4.69, 9.17) is 5.26 Å². The zero-order valence-corrected chi connectivity index (χ0v) is 13.2. The molecule has 1 amide bonds. The fourth-order valence-corrected chi connectivity index (χ4v) is 4.01. The van der Waals surface area contributed by atoms with Crippen LogP contribution in [0.4, 0.5) is 0 Å². The van der Waals surface area contributed by atoms with E-state index in [0.717, 1.165) is 12.0 Å². The van der Waals surface area contributed by atoms with Crippen LogP contribution in [0.1, 0.15) is 24.5 Å². The van der Waals surface area contributed by atoms with Gasteiger partial charge in [0.05, 0.1) is 11.5 Å². The van der Waals surface area contributed by atoms with E-state index in [0.29, 0.717) is 6.42 Å². The van der Waals surface area contributed by atoms with E-state index in [2.05, 4.69) is 12.2 Å². The van der Waals surface area contributed by atoms with Crippen LogP contribution in [0.25, 0.3) is 6.08 Å². The van der Waals surface area contributed by atoms with Gasteiger partial charge >= 0.3 is 0 Å². The van der Waals surface area contributed by atoms with E-state index in [9.17, 15) is 13.2 Å². The molecule has 1 aliphatic rings. The fraction of sp³-hybridized carbons (Fsp3) is 0.375. The molecule has 0 radical (unpaired) electrons. The Morgan fingerprint density at radius 2 is 2.09 bits per heavy atom. The van der Waals surface area contributed by atoms with Crippen molar-refractivity contribution in [3.05, 3.63) is 41.0 Å². The van der Waals surface area contributed by atoms with Crippen LogP contribution < -0.4 is 5.32 Å². The lowest BCUT2D eigenvalue weighted by atomic mass is 10.1. The van der Waals surface area contributed by atoms with Crippen LogP contribution in [0.5, 0.6) is 0 Å². The molecule has 1 heterocycles. The number of rotatable bonds is 4. The van der Waals surface area contributed by atoms with Gasteiger partial charge in [-0.05, 0) is 30.0 Å². The van der Waals surface area contributed by atoms with Crippen molar-refractivity contribution in [3.8, 4) is 6.07 Å². The smallest absolute Gasteiger partial charge is 0.262 e. The molecule has 1 aromatic rings. The summed E-state index contributed by atoms with van der Waals surface area (Å²) >= 11 is 0. The highest BCUT2D eigenvalue weighted by molar-refractivity contribution is 7.91. The lowest BCUT2D eigenvalue weighted by Gasteiger charge is -2.09. The maximum absolute atomic E-state index is 12.1. The van der Waals surface area contributed by atoms with Crippen LogP contribution in [0.3, 0.4) is 0 Å². The summed E-state index contributed by atoms with van der Waals surface area (Å²) in [6.45, 7) is 2.05. The largest absolute Gasteiger partial charge is 0.348 e. The molecule has 0 spiro atoms. The molecule has 22 heavy (non-hydrogen) atoms. The molecular formula is C16H18N2O3S. The number of carbonyl (C=O) groups excluding carboxylic acids is 1. The van der Waals surface area contributed by atoms with Gasteiger partial charge in [0.25, 0.3) is 5.91 Å². The van der Waals surface area contributed by atoms with Crippen molar-refractivity contribution < 1.29 is 13.2 Å². The van der Waals surface area contributed by atoms with E-state index < -0.39 is 21.8 Å². The van der Waals surface area contributed by atoms with Gasteiger partial charge < -0.3 is 5.32 Å². The van der Waals surface area contributed by atoms with Crippen molar-refractivity contribution in [2.75, 3.05) is 11.5 Å². The predicted molar refractivity (Wildman–Crippen MR) is 84.6 cm³/mol. The number of hydrogen-bond donors (Lipinski definition) is 1. The van der Waals surface area contributed by atoms with Crippen molar-refractivity contribution >= 4 is 21.8 Å². The van der Waals surface area contributed by atoms with Gasteiger partial charge in [-0.3, -0.25) is 4.79 Å². The van der Waals surface area contributed by atoms with Gasteiger partial charge in [0.2, 0.25) is 0 Å². The second-order valence-electron chi connectivity index (χ2n) is 5.34. The van der Waals surface area contributed by atoms with E-state index in [-0.39, 0.29) is 17.1 Å². The molecule has 1 atom stereocenters. The average molecular weight is 318 g/mol. The molecule has 0 bridgehead atoms. The fourth-order valence-electron chi connectivity index (χ4n) is 2.34. The Hall–Kier alpha value is -2.13. The molecule has 0 unspecified atom stereocenters. The SMILES string of the molecule is CCc1ccc(/C=C(/C#N)C(=O)N[C@@H]2CCS(=O)(=O)C2)cc1. The first-order valence-corrected chi connectivity index (χ1v) is 8.97. The van der Waals surface area contributed by atoms with Gasteiger partial charge in [-0.1, -0.05) is 31.2 Å². The lowest BCUT2D eigenvalue weighted by molar-refractivity contribution is -0.117. The summed E-state index contributed by atoms with van der Waals surface area (Å²) in [6, 6.07) is 9.06. The molecule has 1 fully saturated rings. The average Bonchev–Trinajstić information content (AvgIpc) is 2.84. The molecule has 5 nitrogen and oxygen atoms in total. The third-order valence-corrected chi connectivity index (χ3v) is 5.40. The zero-order valence-electron chi connectivity index (χ0n) is 12.4. The number of amides is 1. The third-order valence-electron chi connectivity index (χ3n) is 3.63. The van der Waals surface area contributed by atoms with Crippen LogP contribution in [0, 0.1) is 11.3 Å². The highest BCUT2D eigenvalue weighted by Crippen LogP contribution is 2.13. The Labute approximate surface area is 130 Å². The highest BCUT2D eigenvalue weighted by atomic mass is 32.2. The first-order chi connectivity index (χ1) is 10.4.